The van der Waals surface area contributed by atoms with E-state index in [1.165, 1.54) is 17.7 Å². The van der Waals surface area contributed by atoms with Crippen LogP contribution in [0.3, 0.4) is 0 Å². The number of nitrogen functional groups attached to an aromatic ring is 1. The van der Waals surface area contributed by atoms with Crippen molar-refractivity contribution in [1.29, 1.82) is 0 Å². The number of anilines is 1. The molecule has 2 aromatic heterocycles. The Morgan fingerprint density at radius 3 is 3.06 bits per heavy atom. The van der Waals surface area contributed by atoms with Crippen molar-refractivity contribution in [3.8, 4) is 0 Å². The number of thiophene rings is 1. The van der Waals surface area contributed by atoms with Crippen molar-refractivity contribution in [2.24, 2.45) is 0 Å². The molecule has 17 heavy (non-hydrogen) atoms. The minimum absolute atomic E-state index is 0.130. The van der Waals surface area contributed by atoms with Crippen LogP contribution in [0.1, 0.15) is 20.4 Å². The van der Waals surface area contributed by atoms with E-state index in [9.17, 15) is 4.79 Å². The lowest BCUT2D eigenvalue weighted by atomic mass is 10.3. The highest BCUT2D eigenvalue weighted by Crippen LogP contribution is 2.22. The summed E-state index contributed by atoms with van der Waals surface area (Å²) in [5, 5.41) is 6.25. The van der Waals surface area contributed by atoms with Crippen LogP contribution >= 0.6 is 11.3 Å². The molecule has 0 unspecified atom stereocenters. The van der Waals surface area contributed by atoms with E-state index in [4.69, 9.17) is 10.3 Å². The number of carbonyl (C=O) groups is 1. The molecular weight excluding hydrogens is 240 g/mol. The second kappa shape index (κ2) is 4.96. The first kappa shape index (κ1) is 11.6. The molecule has 0 saturated heterocycles. The molecule has 0 radical (unpaired) electrons. The van der Waals surface area contributed by atoms with Gasteiger partial charge in [-0.1, -0.05) is 5.16 Å². The van der Waals surface area contributed by atoms with Gasteiger partial charge in [0.05, 0.1) is 4.88 Å². The molecule has 0 saturated carbocycles. The zero-order valence-electron chi connectivity index (χ0n) is 9.27. The number of carbonyl (C=O) groups excluding carboxylic acids is 1. The van der Waals surface area contributed by atoms with Crippen LogP contribution in [0.5, 0.6) is 0 Å². The number of nitrogens with two attached hydrogens (primary N) is 1. The molecule has 90 valence electrons. The maximum atomic E-state index is 11.7. The third kappa shape index (κ3) is 2.82. The molecule has 7 heteroatoms. The highest BCUT2D eigenvalue weighted by molar-refractivity contribution is 7.14. The summed E-state index contributed by atoms with van der Waals surface area (Å²) in [4.78, 5) is 17.1. The molecule has 2 aromatic rings. The Bertz CT molecular complexity index is 487. The molecule has 0 aromatic carbocycles. The first-order valence-corrected chi connectivity index (χ1v) is 5.88. The Morgan fingerprint density at radius 1 is 1.65 bits per heavy atom. The normalized spacial score (nSPS) is 10.4. The number of nitrogens with one attached hydrogen (secondary N) is 1. The lowest BCUT2D eigenvalue weighted by molar-refractivity contribution is 0.0957. The second-order valence-electron chi connectivity index (χ2n) is 3.46. The monoisotopic (exact) mass is 252 g/mol. The van der Waals surface area contributed by atoms with Crippen molar-refractivity contribution >= 4 is 22.9 Å². The topological polar surface area (TPSA) is 94.0 Å². The summed E-state index contributed by atoms with van der Waals surface area (Å²) < 4.78 is 4.81. The summed E-state index contributed by atoms with van der Waals surface area (Å²) in [5.74, 6) is 0.376. The average molecular weight is 252 g/mol. The van der Waals surface area contributed by atoms with Gasteiger partial charge in [-0.3, -0.25) is 4.79 Å². The quantitative estimate of drug-likeness (QED) is 0.846. The predicted octanol–water partition coefficient (Wildman–Crippen LogP) is 0.994. The number of amides is 1. The average Bonchev–Trinajstić information content (AvgIpc) is 2.90. The molecule has 2 heterocycles. The van der Waals surface area contributed by atoms with Gasteiger partial charge >= 0.3 is 0 Å². The summed E-state index contributed by atoms with van der Waals surface area (Å²) in [6.07, 6.45) is 1.85. The predicted molar refractivity (Wildman–Crippen MR) is 63.8 cm³/mol. The number of nitrogens with zero attached hydrogens (tertiary/aromatic N) is 2. The Hall–Kier alpha value is -1.89. The third-order valence-corrected chi connectivity index (χ3v) is 3.28. The van der Waals surface area contributed by atoms with Crippen molar-refractivity contribution in [1.82, 2.24) is 15.5 Å². The molecule has 6 nitrogen and oxygen atoms in total. The fourth-order valence-corrected chi connectivity index (χ4v) is 2.14. The van der Waals surface area contributed by atoms with Crippen LogP contribution in [0.4, 0.5) is 5.69 Å². The smallest absolute Gasteiger partial charge is 0.261 e. The Labute approximate surface area is 102 Å². The van der Waals surface area contributed by atoms with E-state index < -0.39 is 0 Å². The van der Waals surface area contributed by atoms with Crippen LogP contribution in [0.15, 0.2) is 16.9 Å². The zero-order chi connectivity index (χ0) is 12.3. The van der Waals surface area contributed by atoms with E-state index in [2.05, 4.69) is 15.5 Å². The van der Waals surface area contributed by atoms with E-state index in [1.54, 1.807) is 6.07 Å². The SMILES string of the molecule is Cc1sc(C(=O)NCCc2ncno2)cc1N. The number of hydrogen-bond donors (Lipinski definition) is 2. The molecule has 3 N–H and O–H groups in total. The van der Waals surface area contributed by atoms with Crippen LogP contribution in [-0.2, 0) is 6.42 Å². The summed E-state index contributed by atoms with van der Waals surface area (Å²) in [5.41, 5.74) is 6.33. The largest absolute Gasteiger partial charge is 0.398 e. The molecule has 0 fully saturated rings. The van der Waals surface area contributed by atoms with Crippen LogP contribution in [-0.4, -0.2) is 22.6 Å². The minimum atomic E-state index is -0.130. The van der Waals surface area contributed by atoms with Crippen molar-refractivity contribution in [2.75, 3.05) is 12.3 Å². The second-order valence-corrected chi connectivity index (χ2v) is 4.72. The Kier molecular flexibility index (Phi) is 3.38. The molecule has 2 rings (SSSR count). The first-order chi connectivity index (χ1) is 8.16. The maximum Gasteiger partial charge on any atom is 0.261 e. The van der Waals surface area contributed by atoms with Gasteiger partial charge in [0, 0.05) is 23.5 Å². The number of rotatable bonds is 4. The van der Waals surface area contributed by atoms with Crippen LogP contribution in [0, 0.1) is 6.92 Å². The molecule has 0 aliphatic carbocycles. The number of aryl methyl sites for hydroxylation is 1. The van der Waals surface area contributed by atoms with Gasteiger partial charge in [-0.15, -0.1) is 11.3 Å². The highest BCUT2D eigenvalue weighted by atomic mass is 32.1. The van der Waals surface area contributed by atoms with E-state index in [0.29, 0.717) is 29.4 Å². The van der Waals surface area contributed by atoms with Gasteiger partial charge in [0.15, 0.2) is 6.33 Å². The lowest BCUT2D eigenvalue weighted by Crippen LogP contribution is -2.24. The minimum Gasteiger partial charge on any atom is -0.398 e. The van der Waals surface area contributed by atoms with Crippen LogP contribution < -0.4 is 11.1 Å². The van der Waals surface area contributed by atoms with Gasteiger partial charge in [-0.05, 0) is 13.0 Å². The molecule has 0 atom stereocenters. The molecular formula is C10H12N4O2S. The molecule has 0 spiro atoms. The molecule has 0 bridgehead atoms. The van der Waals surface area contributed by atoms with Gasteiger partial charge in [0.2, 0.25) is 5.89 Å². The first-order valence-electron chi connectivity index (χ1n) is 5.06. The zero-order valence-corrected chi connectivity index (χ0v) is 10.1. The van der Waals surface area contributed by atoms with Crippen LogP contribution in [0.2, 0.25) is 0 Å². The fraction of sp³-hybridized carbons (Fsp3) is 0.300. The van der Waals surface area contributed by atoms with Crippen molar-refractivity contribution in [2.45, 2.75) is 13.3 Å². The van der Waals surface area contributed by atoms with E-state index in [1.807, 2.05) is 6.92 Å². The van der Waals surface area contributed by atoms with Gasteiger partial charge in [0.1, 0.15) is 0 Å². The summed E-state index contributed by atoms with van der Waals surface area (Å²) in [6.45, 7) is 2.34. The Balaban J connectivity index is 1.85. The van der Waals surface area contributed by atoms with E-state index in [-0.39, 0.29) is 5.91 Å². The summed E-state index contributed by atoms with van der Waals surface area (Å²) in [6, 6.07) is 1.68. The number of hydrogen-bond acceptors (Lipinski definition) is 6. The van der Waals surface area contributed by atoms with Gasteiger partial charge in [-0.2, -0.15) is 4.98 Å². The van der Waals surface area contributed by atoms with E-state index in [0.717, 1.165) is 4.88 Å². The summed E-state index contributed by atoms with van der Waals surface area (Å²) >= 11 is 1.38. The van der Waals surface area contributed by atoms with Crippen molar-refractivity contribution < 1.29 is 9.32 Å². The highest BCUT2D eigenvalue weighted by Gasteiger charge is 2.10. The maximum absolute atomic E-state index is 11.7. The van der Waals surface area contributed by atoms with Crippen molar-refractivity contribution in [3.05, 3.63) is 28.0 Å². The van der Waals surface area contributed by atoms with Gasteiger partial charge in [0.25, 0.3) is 5.91 Å². The molecule has 0 aliphatic heterocycles. The summed E-state index contributed by atoms with van der Waals surface area (Å²) in [7, 11) is 0. The van der Waals surface area contributed by atoms with Gasteiger partial charge < -0.3 is 15.6 Å². The molecule has 1 amide bonds. The third-order valence-electron chi connectivity index (χ3n) is 2.21. The standard InChI is InChI=1S/C10H12N4O2S/c1-6-7(11)4-8(17-6)10(15)12-3-2-9-13-5-14-16-9/h4-5H,2-3,11H2,1H3,(H,12,15). The van der Waals surface area contributed by atoms with Gasteiger partial charge in [-0.25, -0.2) is 0 Å². The number of aromatic nitrogens is 2. The van der Waals surface area contributed by atoms with E-state index >= 15 is 0 Å². The lowest BCUT2D eigenvalue weighted by Gasteiger charge is -2.00. The van der Waals surface area contributed by atoms with Crippen LogP contribution in [0.25, 0.3) is 0 Å². The Morgan fingerprint density at radius 2 is 2.47 bits per heavy atom. The fourth-order valence-electron chi connectivity index (χ4n) is 1.28. The van der Waals surface area contributed by atoms with Crippen molar-refractivity contribution in [3.63, 3.8) is 0 Å². The molecule has 0 aliphatic rings.